The number of amides is 2. The second-order valence-corrected chi connectivity index (χ2v) is 8.02. The van der Waals surface area contributed by atoms with Crippen LogP contribution in [0.15, 0.2) is 46.4 Å². The lowest BCUT2D eigenvalue weighted by Crippen LogP contribution is -2.14. The van der Waals surface area contributed by atoms with E-state index in [9.17, 15) is 9.59 Å². The van der Waals surface area contributed by atoms with Crippen molar-refractivity contribution in [2.45, 2.75) is 26.9 Å². The van der Waals surface area contributed by atoms with Gasteiger partial charge in [-0.25, -0.2) is 4.98 Å². The Hall–Kier alpha value is -3.92. The summed E-state index contributed by atoms with van der Waals surface area (Å²) in [7, 11) is 0. The lowest BCUT2D eigenvalue weighted by atomic mass is 10.1. The Labute approximate surface area is 187 Å². The monoisotopic (exact) mass is 451 g/mol. The average Bonchev–Trinajstić information content (AvgIpc) is 3.49. The molecule has 164 valence electrons. The standard InChI is InChI=1S/C22H21N5O4S/c1-12-17(13(2)31-27-12)10-30-16-5-3-14(4-6-16)7-20(28)26-22-25-19(11-32-22)15-8-18(21(23)29)24-9-15/h3-6,8-9,11,24H,7,10H2,1-2H3,(H2,23,29)(H,25,26,28). The van der Waals surface area contributed by atoms with E-state index in [4.69, 9.17) is 15.0 Å². The topological polar surface area (TPSA) is 136 Å². The lowest BCUT2D eigenvalue weighted by molar-refractivity contribution is -0.115. The fourth-order valence-corrected chi connectivity index (χ4v) is 3.80. The van der Waals surface area contributed by atoms with Crippen molar-refractivity contribution in [2.24, 2.45) is 5.73 Å². The van der Waals surface area contributed by atoms with E-state index in [-0.39, 0.29) is 12.3 Å². The van der Waals surface area contributed by atoms with Crippen LogP contribution in [0, 0.1) is 13.8 Å². The summed E-state index contributed by atoms with van der Waals surface area (Å²) in [4.78, 5) is 30.8. The molecule has 0 aliphatic heterocycles. The first kappa shape index (κ1) is 21.3. The summed E-state index contributed by atoms with van der Waals surface area (Å²) in [6, 6.07) is 8.97. The number of aryl methyl sites for hydroxylation is 2. The van der Waals surface area contributed by atoms with E-state index in [1.807, 2.05) is 38.1 Å². The maximum Gasteiger partial charge on any atom is 0.265 e. The molecular formula is C22H21N5O4S. The van der Waals surface area contributed by atoms with Gasteiger partial charge in [0.25, 0.3) is 5.91 Å². The molecule has 10 heteroatoms. The van der Waals surface area contributed by atoms with Crippen LogP contribution in [0.5, 0.6) is 5.75 Å². The number of aromatic nitrogens is 3. The molecule has 4 rings (SSSR count). The SMILES string of the molecule is Cc1noc(C)c1COc1ccc(CC(=O)Nc2nc(-c3c[nH]c(C(N)=O)c3)cs2)cc1. The molecule has 0 saturated heterocycles. The van der Waals surface area contributed by atoms with Crippen molar-refractivity contribution >= 4 is 28.3 Å². The molecule has 0 unspecified atom stereocenters. The molecular weight excluding hydrogens is 430 g/mol. The summed E-state index contributed by atoms with van der Waals surface area (Å²) >= 11 is 1.30. The zero-order valence-electron chi connectivity index (χ0n) is 17.5. The Morgan fingerprint density at radius 2 is 2.03 bits per heavy atom. The van der Waals surface area contributed by atoms with Gasteiger partial charge in [-0.3, -0.25) is 9.59 Å². The molecule has 1 aromatic carbocycles. The first-order chi connectivity index (χ1) is 15.4. The molecule has 0 spiro atoms. The number of nitrogens with two attached hydrogens (primary N) is 1. The van der Waals surface area contributed by atoms with Crippen LogP contribution in [0.25, 0.3) is 11.3 Å². The fraction of sp³-hybridized carbons (Fsp3) is 0.182. The summed E-state index contributed by atoms with van der Waals surface area (Å²) in [6.07, 6.45) is 1.85. The highest BCUT2D eigenvalue weighted by Crippen LogP contribution is 2.25. The molecule has 0 bridgehead atoms. The number of H-pyrrole nitrogens is 1. The third-order valence-electron chi connectivity index (χ3n) is 4.85. The first-order valence-corrected chi connectivity index (χ1v) is 10.6. The predicted octanol–water partition coefficient (Wildman–Crippen LogP) is 3.60. The van der Waals surface area contributed by atoms with E-state index in [1.54, 1.807) is 17.6 Å². The van der Waals surface area contributed by atoms with Crippen molar-refractivity contribution in [2.75, 3.05) is 5.32 Å². The second kappa shape index (κ2) is 9.06. The highest BCUT2D eigenvalue weighted by atomic mass is 32.1. The normalized spacial score (nSPS) is 10.8. The number of aromatic amines is 1. The smallest absolute Gasteiger partial charge is 0.265 e. The van der Waals surface area contributed by atoms with E-state index < -0.39 is 5.91 Å². The van der Waals surface area contributed by atoms with Crippen molar-refractivity contribution < 1.29 is 18.8 Å². The van der Waals surface area contributed by atoms with Gasteiger partial charge in [0.1, 0.15) is 23.8 Å². The Bertz CT molecular complexity index is 1240. The van der Waals surface area contributed by atoms with Crippen LogP contribution in [0.1, 0.15) is 33.1 Å². The first-order valence-electron chi connectivity index (χ1n) is 9.76. The summed E-state index contributed by atoms with van der Waals surface area (Å²) < 4.78 is 10.9. The van der Waals surface area contributed by atoms with Gasteiger partial charge >= 0.3 is 0 Å². The molecule has 0 radical (unpaired) electrons. The van der Waals surface area contributed by atoms with Gasteiger partial charge in [-0.1, -0.05) is 17.3 Å². The van der Waals surface area contributed by atoms with Gasteiger partial charge < -0.3 is 25.3 Å². The predicted molar refractivity (Wildman–Crippen MR) is 120 cm³/mol. The molecule has 4 N–H and O–H groups in total. The number of thiazole rings is 1. The highest BCUT2D eigenvalue weighted by molar-refractivity contribution is 7.14. The molecule has 0 aliphatic rings. The van der Waals surface area contributed by atoms with Gasteiger partial charge in [-0.15, -0.1) is 11.3 Å². The van der Waals surface area contributed by atoms with Crippen LogP contribution < -0.4 is 15.8 Å². The molecule has 4 aromatic rings. The lowest BCUT2D eigenvalue weighted by Gasteiger charge is -2.07. The zero-order chi connectivity index (χ0) is 22.7. The molecule has 2 amide bonds. The van der Waals surface area contributed by atoms with Crippen LogP contribution in [-0.2, 0) is 17.8 Å². The third kappa shape index (κ3) is 4.86. The van der Waals surface area contributed by atoms with Crippen molar-refractivity contribution in [3.8, 4) is 17.0 Å². The summed E-state index contributed by atoms with van der Waals surface area (Å²) in [5.41, 5.74) is 9.52. The molecule has 0 aliphatic carbocycles. The number of nitrogens with zero attached hydrogens (tertiary/aromatic N) is 2. The van der Waals surface area contributed by atoms with E-state index in [2.05, 4.69) is 20.4 Å². The van der Waals surface area contributed by atoms with Crippen molar-refractivity contribution in [3.05, 3.63) is 70.2 Å². The number of hydrogen-bond donors (Lipinski definition) is 3. The molecule has 3 aromatic heterocycles. The van der Waals surface area contributed by atoms with Crippen LogP contribution in [-0.4, -0.2) is 26.9 Å². The summed E-state index contributed by atoms with van der Waals surface area (Å²) in [6.45, 7) is 4.09. The molecule has 9 nitrogen and oxygen atoms in total. The van der Waals surface area contributed by atoms with E-state index in [0.717, 1.165) is 28.1 Å². The number of hydrogen-bond acceptors (Lipinski definition) is 7. The molecule has 32 heavy (non-hydrogen) atoms. The Morgan fingerprint density at radius 1 is 1.25 bits per heavy atom. The van der Waals surface area contributed by atoms with E-state index in [1.165, 1.54) is 11.3 Å². The minimum Gasteiger partial charge on any atom is -0.489 e. The van der Waals surface area contributed by atoms with Gasteiger partial charge in [0.2, 0.25) is 5.91 Å². The zero-order valence-corrected chi connectivity index (χ0v) is 18.3. The number of ether oxygens (including phenoxy) is 1. The van der Waals surface area contributed by atoms with Gasteiger partial charge in [0.15, 0.2) is 5.13 Å². The Kier molecular flexibility index (Phi) is 6.04. The van der Waals surface area contributed by atoms with E-state index >= 15 is 0 Å². The third-order valence-corrected chi connectivity index (χ3v) is 5.60. The second-order valence-electron chi connectivity index (χ2n) is 7.16. The maximum absolute atomic E-state index is 12.4. The Balaban J connectivity index is 1.31. The molecule has 3 heterocycles. The van der Waals surface area contributed by atoms with E-state index in [0.29, 0.717) is 28.9 Å². The number of carbonyl (C=O) groups excluding carboxylic acids is 2. The number of carbonyl (C=O) groups is 2. The number of nitrogens with one attached hydrogen (secondary N) is 2. The molecule has 0 atom stereocenters. The van der Waals surface area contributed by atoms with Gasteiger partial charge in [-0.2, -0.15) is 0 Å². The quantitative estimate of drug-likeness (QED) is 0.374. The summed E-state index contributed by atoms with van der Waals surface area (Å²) in [5, 5.41) is 8.99. The summed E-state index contributed by atoms with van der Waals surface area (Å²) in [5.74, 6) is 0.717. The van der Waals surface area contributed by atoms with Crippen LogP contribution in [0.4, 0.5) is 5.13 Å². The minimum atomic E-state index is -0.542. The number of rotatable bonds is 8. The number of benzene rings is 1. The number of primary amides is 1. The molecule has 0 saturated carbocycles. The van der Waals surface area contributed by atoms with Crippen molar-refractivity contribution in [1.82, 2.24) is 15.1 Å². The fourth-order valence-electron chi connectivity index (χ4n) is 3.06. The largest absolute Gasteiger partial charge is 0.489 e. The molecule has 0 fully saturated rings. The number of anilines is 1. The van der Waals surface area contributed by atoms with Crippen LogP contribution in [0.2, 0.25) is 0 Å². The van der Waals surface area contributed by atoms with Gasteiger partial charge in [-0.05, 0) is 37.6 Å². The van der Waals surface area contributed by atoms with Crippen molar-refractivity contribution in [3.63, 3.8) is 0 Å². The van der Waals surface area contributed by atoms with Crippen molar-refractivity contribution in [1.29, 1.82) is 0 Å². The Morgan fingerprint density at radius 3 is 2.69 bits per heavy atom. The maximum atomic E-state index is 12.4. The highest BCUT2D eigenvalue weighted by Gasteiger charge is 2.12. The minimum absolute atomic E-state index is 0.179. The van der Waals surface area contributed by atoms with Crippen LogP contribution >= 0.6 is 11.3 Å². The van der Waals surface area contributed by atoms with Crippen LogP contribution in [0.3, 0.4) is 0 Å². The van der Waals surface area contributed by atoms with Gasteiger partial charge in [0, 0.05) is 17.1 Å². The average molecular weight is 452 g/mol. The van der Waals surface area contributed by atoms with Gasteiger partial charge in [0.05, 0.1) is 23.4 Å².